The fourth-order valence-electron chi connectivity index (χ4n) is 2.59. The molecule has 2 fully saturated rings. The predicted octanol–water partition coefficient (Wildman–Crippen LogP) is 1.15. The summed E-state index contributed by atoms with van der Waals surface area (Å²) in [6, 6.07) is 10.4. The van der Waals surface area contributed by atoms with Gasteiger partial charge >= 0.3 is 0 Å². The van der Waals surface area contributed by atoms with Gasteiger partial charge in [-0.15, -0.1) is 0 Å². The van der Waals surface area contributed by atoms with Crippen molar-refractivity contribution in [2.45, 2.75) is 31.5 Å². The third-order valence-electron chi connectivity index (χ3n) is 3.91. The van der Waals surface area contributed by atoms with Crippen molar-refractivity contribution in [1.82, 2.24) is 4.90 Å². The van der Waals surface area contributed by atoms with E-state index in [-0.39, 0.29) is 17.9 Å². The summed E-state index contributed by atoms with van der Waals surface area (Å²) in [6.07, 6.45) is 2.22. The van der Waals surface area contributed by atoms with E-state index < -0.39 is 0 Å². The second kappa shape index (κ2) is 5.31. The lowest BCUT2D eigenvalue weighted by molar-refractivity contribution is -0.137. The van der Waals surface area contributed by atoms with Crippen LogP contribution in [0.3, 0.4) is 0 Å². The van der Waals surface area contributed by atoms with Crippen LogP contribution >= 0.6 is 0 Å². The molecule has 19 heavy (non-hydrogen) atoms. The molecule has 1 aromatic carbocycles. The molecule has 4 heteroatoms. The Bertz CT molecular complexity index is 445. The molecular weight excluding hydrogens is 240 g/mol. The Kier molecular flexibility index (Phi) is 3.53. The normalized spacial score (nSPS) is 26.4. The number of benzene rings is 1. The lowest BCUT2D eigenvalue weighted by Gasteiger charge is -2.26. The van der Waals surface area contributed by atoms with Gasteiger partial charge < -0.3 is 15.4 Å². The SMILES string of the molecule is NC1COCC1C(=O)N(Cc1ccccc1)C1CC1. The Morgan fingerprint density at radius 1 is 1.26 bits per heavy atom. The van der Waals surface area contributed by atoms with E-state index in [1.54, 1.807) is 0 Å². The second-order valence-electron chi connectivity index (χ2n) is 5.49. The lowest BCUT2D eigenvalue weighted by Crippen LogP contribution is -2.44. The van der Waals surface area contributed by atoms with Crippen molar-refractivity contribution < 1.29 is 9.53 Å². The molecule has 1 saturated carbocycles. The van der Waals surface area contributed by atoms with E-state index in [1.807, 2.05) is 23.1 Å². The molecule has 1 aliphatic heterocycles. The summed E-state index contributed by atoms with van der Waals surface area (Å²) in [5, 5.41) is 0. The van der Waals surface area contributed by atoms with Gasteiger partial charge in [0.1, 0.15) is 0 Å². The van der Waals surface area contributed by atoms with Crippen molar-refractivity contribution in [3.8, 4) is 0 Å². The first-order chi connectivity index (χ1) is 9.25. The van der Waals surface area contributed by atoms with Gasteiger partial charge in [-0.05, 0) is 18.4 Å². The summed E-state index contributed by atoms with van der Waals surface area (Å²) < 4.78 is 5.32. The topological polar surface area (TPSA) is 55.6 Å². The van der Waals surface area contributed by atoms with Gasteiger partial charge in [-0.25, -0.2) is 0 Å². The van der Waals surface area contributed by atoms with Gasteiger partial charge in [0, 0.05) is 18.6 Å². The van der Waals surface area contributed by atoms with Crippen molar-refractivity contribution in [2.24, 2.45) is 11.7 Å². The van der Waals surface area contributed by atoms with E-state index in [4.69, 9.17) is 10.5 Å². The fraction of sp³-hybridized carbons (Fsp3) is 0.533. The van der Waals surface area contributed by atoms with E-state index in [9.17, 15) is 4.79 Å². The van der Waals surface area contributed by atoms with Crippen LogP contribution in [0, 0.1) is 5.92 Å². The molecule has 0 spiro atoms. The molecule has 0 aromatic heterocycles. The van der Waals surface area contributed by atoms with Crippen LogP contribution in [-0.2, 0) is 16.1 Å². The Morgan fingerprint density at radius 3 is 2.58 bits per heavy atom. The molecule has 2 unspecified atom stereocenters. The van der Waals surface area contributed by atoms with Gasteiger partial charge in [0.05, 0.1) is 19.1 Å². The van der Waals surface area contributed by atoms with Crippen molar-refractivity contribution in [3.05, 3.63) is 35.9 Å². The number of hydrogen-bond donors (Lipinski definition) is 1. The number of hydrogen-bond acceptors (Lipinski definition) is 3. The maximum atomic E-state index is 12.6. The van der Waals surface area contributed by atoms with E-state index >= 15 is 0 Å². The largest absolute Gasteiger partial charge is 0.379 e. The zero-order valence-electron chi connectivity index (χ0n) is 11.0. The highest BCUT2D eigenvalue weighted by molar-refractivity contribution is 5.80. The van der Waals surface area contributed by atoms with Crippen LogP contribution in [0.2, 0.25) is 0 Å². The van der Waals surface area contributed by atoms with Crippen molar-refractivity contribution in [3.63, 3.8) is 0 Å². The van der Waals surface area contributed by atoms with Gasteiger partial charge in [0.2, 0.25) is 5.91 Å². The maximum Gasteiger partial charge on any atom is 0.230 e. The van der Waals surface area contributed by atoms with Gasteiger partial charge in [-0.2, -0.15) is 0 Å². The van der Waals surface area contributed by atoms with Crippen molar-refractivity contribution in [1.29, 1.82) is 0 Å². The quantitative estimate of drug-likeness (QED) is 0.883. The molecule has 1 saturated heterocycles. The number of ether oxygens (including phenoxy) is 1. The first kappa shape index (κ1) is 12.6. The van der Waals surface area contributed by atoms with Crippen LogP contribution in [0.5, 0.6) is 0 Å². The highest BCUT2D eigenvalue weighted by Gasteiger charge is 2.40. The summed E-state index contributed by atoms with van der Waals surface area (Å²) in [4.78, 5) is 14.6. The van der Waals surface area contributed by atoms with Gasteiger partial charge in [0.15, 0.2) is 0 Å². The zero-order valence-corrected chi connectivity index (χ0v) is 11.0. The van der Waals surface area contributed by atoms with Gasteiger partial charge in [-0.1, -0.05) is 30.3 Å². The first-order valence-corrected chi connectivity index (χ1v) is 6.93. The third-order valence-corrected chi connectivity index (χ3v) is 3.91. The molecule has 1 aliphatic carbocycles. The minimum Gasteiger partial charge on any atom is -0.379 e. The number of rotatable bonds is 4. The minimum absolute atomic E-state index is 0.149. The average Bonchev–Trinajstić information content (AvgIpc) is 3.18. The molecule has 4 nitrogen and oxygen atoms in total. The van der Waals surface area contributed by atoms with Crippen LogP contribution in [-0.4, -0.2) is 36.1 Å². The Balaban J connectivity index is 1.72. The van der Waals surface area contributed by atoms with Crippen LogP contribution in [0.15, 0.2) is 30.3 Å². The van der Waals surface area contributed by atoms with E-state index in [0.717, 1.165) is 12.8 Å². The van der Waals surface area contributed by atoms with Crippen molar-refractivity contribution >= 4 is 5.91 Å². The first-order valence-electron chi connectivity index (χ1n) is 6.93. The van der Waals surface area contributed by atoms with Crippen LogP contribution in [0.25, 0.3) is 0 Å². The molecular formula is C15H20N2O2. The molecule has 1 aromatic rings. The molecule has 3 rings (SSSR count). The molecule has 1 heterocycles. The molecule has 102 valence electrons. The van der Waals surface area contributed by atoms with Crippen LogP contribution < -0.4 is 5.73 Å². The number of carbonyl (C=O) groups is 1. The van der Waals surface area contributed by atoms with Crippen LogP contribution in [0.1, 0.15) is 18.4 Å². The van der Waals surface area contributed by atoms with E-state index in [0.29, 0.717) is 25.8 Å². The molecule has 2 aliphatic rings. The molecule has 0 bridgehead atoms. The number of nitrogens with zero attached hydrogens (tertiary/aromatic N) is 1. The molecule has 0 radical (unpaired) electrons. The van der Waals surface area contributed by atoms with Gasteiger partial charge in [-0.3, -0.25) is 4.79 Å². The maximum absolute atomic E-state index is 12.6. The second-order valence-corrected chi connectivity index (χ2v) is 5.49. The third kappa shape index (κ3) is 2.80. The average molecular weight is 260 g/mol. The molecule has 1 amide bonds. The van der Waals surface area contributed by atoms with Crippen LogP contribution in [0.4, 0.5) is 0 Å². The van der Waals surface area contributed by atoms with Gasteiger partial charge in [0.25, 0.3) is 0 Å². The van der Waals surface area contributed by atoms with E-state index in [2.05, 4.69) is 12.1 Å². The predicted molar refractivity (Wildman–Crippen MR) is 72.3 cm³/mol. The highest BCUT2D eigenvalue weighted by Crippen LogP contribution is 2.31. The molecule has 2 N–H and O–H groups in total. The standard InChI is InChI=1S/C15H20N2O2/c16-14-10-19-9-13(14)15(18)17(12-6-7-12)8-11-4-2-1-3-5-11/h1-5,12-14H,6-10,16H2. The zero-order chi connectivity index (χ0) is 13.2. The molecule has 2 atom stereocenters. The fourth-order valence-corrected chi connectivity index (χ4v) is 2.59. The summed E-state index contributed by atoms with van der Waals surface area (Å²) in [6.45, 7) is 1.66. The summed E-state index contributed by atoms with van der Waals surface area (Å²) in [7, 11) is 0. The number of carbonyl (C=O) groups excluding carboxylic acids is 1. The Labute approximate surface area is 113 Å². The van der Waals surface area contributed by atoms with E-state index in [1.165, 1.54) is 5.56 Å². The summed E-state index contributed by atoms with van der Waals surface area (Å²) in [5.74, 6) is 0.000616. The summed E-state index contributed by atoms with van der Waals surface area (Å²) in [5.41, 5.74) is 7.14. The minimum atomic E-state index is -0.163. The highest BCUT2D eigenvalue weighted by atomic mass is 16.5. The smallest absolute Gasteiger partial charge is 0.230 e. The number of amides is 1. The van der Waals surface area contributed by atoms with Crippen molar-refractivity contribution in [2.75, 3.05) is 13.2 Å². The lowest BCUT2D eigenvalue weighted by atomic mass is 10.0. The summed E-state index contributed by atoms with van der Waals surface area (Å²) >= 11 is 0. The monoisotopic (exact) mass is 260 g/mol. The Morgan fingerprint density at radius 2 is 2.00 bits per heavy atom. The number of nitrogens with two attached hydrogens (primary N) is 1. The Hall–Kier alpha value is -1.39.